The summed E-state index contributed by atoms with van der Waals surface area (Å²) in [5.74, 6) is -1.47. The molecule has 4 heteroatoms. The first kappa shape index (κ1) is 21.9. The molecule has 0 aliphatic carbocycles. The van der Waals surface area contributed by atoms with Gasteiger partial charge in [-0.15, -0.1) is 0 Å². The average molecular weight is 328 g/mol. The number of rotatable bonds is 14. The molecule has 0 aliphatic rings. The molecule has 0 unspecified atom stereocenters. The molecule has 0 aromatic rings. The van der Waals surface area contributed by atoms with Gasteiger partial charge < -0.3 is 10.2 Å². The summed E-state index contributed by atoms with van der Waals surface area (Å²) in [5.41, 5.74) is -1.01. The second kappa shape index (κ2) is 10.7. The van der Waals surface area contributed by atoms with Crippen molar-refractivity contribution in [1.82, 2.24) is 0 Å². The molecular weight excluding hydrogens is 292 g/mol. The van der Waals surface area contributed by atoms with Crippen LogP contribution in [0.25, 0.3) is 0 Å². The smallest absolute Gasteiger partial charge is 0.310 e. The topological polar surface area (TPSA) is 74.6 Å². The van der Waals surface area contributed by atoms with Gasteiger partial charge >= 0.3 is 11.9 Å². The monoisotopic (exact) mass is 328 g/mol. The first-order valence-corrected chi connectivity index (χ1v) is 9.31. The van der Waals surface area contributed by atoms with E-state index in [0.717, 1.165) is 38.5 Å². The van der Waals surface area contributed by atoms with Crippen molar-refractivity contribution in [2.24, 2.45) is 10.8 Å². The van der Waals surface area contributed by atoms with Gasteiger partial charge in [0.15, 0.2) is 0 Å². The van der Waals surface area contributed by atoms with Crippen LogP contribution < -0.4 is 0 Å². The van der Waals surface area contributed by atoms with Crippen LogP contribution in [0.4, 0.5) is 0 Å². The normalized spacial score (nSPS) is 12.3. The molecule has 0 fully saturated rings. The Morgan fingerprint density at radius 2 is 1.17 bits per heavy atom. The predicted octanol–water partition coefficient (Wildman–Crippen LogP) is 5.50. The third-order valence-electron chi connectivity index (χ3n) is 5.28. The van der Waals surface area contributed by atoms with Crippen molar-refractivity contribution < 1.29 is 19.8 Å². The zero-order chi connectivity index (χ0) is 17.9. The van der Waals surface area contributed by atoms with Gasteiger partial charge in [-0.2, -0.15) is 0 Å². The quantitative estimate of drug-likeness (QED) is 0.441. The molecule has 0 aromatic carbocycles. The van der Waals surface area contributed by atoms with E-state index in [0.29, 0.717) is 25.7 Å². The first-order valence-electron chi connectivity index (χ1n) is 9.31. The number of carbonyl (C=O) groups is 2. The van der Waals surface area contributed by atoms with Gasteiger partial charge in [0.2, 0.25) is 0 Å². The molecule has 0 heterocycles. The number of aliphatic carboxylic acids is 2. The summed E-state index contributed by atoms with van der Waals surface area (Å²) in [4.78, 5) is 23.3. The van der Waals surface area contributed by atoms with Gasteiger partial charge in [-0.3, -0.25) is 9.59 Å². The van der Waals surface area contributed by atoms with E-state index in [1.807, 2.05) is 13.8 Å². The van der Waals surface area contributed by atoms with E-state index >= 15 is 0 Å². The lowest BCUT2D eigenvalue weighted by atomic mass is 9.53. The Labute approximate surface area is 141 Å². The highest BCUT2D eigenvalue weighted by Gasteiger charge is 2.53. The van der Waals surface area contributed by atoms with Crippen LogP contribution in [0.1, 0.15) is 98.3 Å². The molecule has 136 valence electrons. The van der Waals surface area contributed by atoms with Gasteiger partial charge in [0.25, 0.3) is 0 Å². The van der Waals surface area contributed by atoms with E-state index < -0.39 is 17.4 Å². The van der Waals surface area contributed by atoms with Crippen molar-refractivity contribution in [3.8, 4) is 0 Å². The highest BCUT2D eigenvalue weighted by atomic mass is 16.4. The van der Waals surface area contributed by atoms with E-state index in [9.17, 15) is 14.7 Å². The predicted molar refractivity (Wildman–Crippen MR) is 93.6 cm³/mol. The fraction of sp³-hybridized carbons (Fsp3) is 0.895. The molecule has 0 aliphatic heterocycles. The van der Waals surface area contributed by atoms with Gasteiger partial charge in [0.05, 0.1) is 5.41 Å². The van der Waals surface area contributed by atoms with Gasteiger partial charge in [-0.25, -0.2) is 0 Å². The van der Waals surface area contributed by atoms with Crippen molar-refractivity contribution >= 4 is 11.9 Å². The van der Waals surface area contributed by atoms with Crippen LogP contribution in [-0.2, 0) is 9.59 Å². The van der Waals surface area contributed by atoms with Crippen molar-refractivity contribution in [1.29, 1.82) is 0 Å². The van der Waals surface area contributed by atoms with Crippen LogP contribution in [-0.4, -0.2) is 22.2 Å². The lowest BCUT2D eigenvalue weighted by Crippen LogP contribution is -2.48. The molecular formula is C19H36O4. The highest BCUT2D eigenvalue weighted by molar-refractivity contribution is 5.76. The minimum absolute atomic E-state index is 0.128. The number of carboxylic acids is 2. The van der Waals surface area contributed by atoms with E-state index in [2.05, 4.69) is 13.8 Å². The lowest BCUT2D eigenvalue weighted by molar-refractivity contribution is -0.163. The molecule has 2 N–H and O–H groups in total. The largest absolute Gasteiger partial charge is 0.481 e. The molecule has 0 saturated carbocycles. The van der Waals surface area contributed by atoms with Crippen LogP contribution in [0.15, 0.2) is 0 Å². The zero-order valence-electron chi connectivity index (χ0n) is 15.5. The molecule has 0 amide bonds. The van der Waals surface area contributed by atoms with Crippen molar-refractivity contribution in [2.45, 2.75) is 98.3 Å². The third-order valence-corrected chi connectivity index (χ3v) is 5.28. The van der Waals surface area contributed by atoms with E-state index in [1.54, 1.807) is 0 Å². The molecule has 23 heavy (non-hydrogen) atoms. The van der Waals surface area contributed by atoms with E-state index in [-0.39, 0.29) is 11.8 Å². The Hall–Kier alpha value is -1.06. The summed E-state index contributed by atoms with van der Waals surface area (Å²) in [6, 6.07) is 0. The first-order chi connectivity index (χ1) is 10.9. The van der Waals surface area contributed by atoms with Crippen molar-refractivity contribution in [2.75, 3.05) is 0 Å². The van der Waals surface area contributed by atoms with Crippen LogP contribution in [0.2, 0.25) is 0 Å². The van der Waals surface area contributed by atoms with Gasteiger partial charge in [0.1, 0.15) is 0 Å². The summed E-state index contributed by atoms with van der Waals surface area (Å²) < 4.78 is 0. The van der Waals surface area contributed by atoms with Gasteiger partial charge in [-0.1, -0.05) is 53.4 Å². The SMILES string of the molecule is CCCC(CCC)(CCCC(=O)O)C(CCC)(CCC)C(=O)O. The van der Waals surface area contributed by atoms with E-state index in [1.165, 1.54) is 0 Å². The fourth-order valence-corrected chi connectivity index (χ4v) is 4.58. The second-order valence-electron chi connectivity index (χ2n) is 6.91. The van der Waals surface area contributed by atoms with E-state index in [4.69, 9.17) is 5.11 Å². The second-order valence-corrected chi connectivity index (χ2v) is 6.91. The Morgan fingerprint density at radius 1 is 0.739 bits per heavy atom. The van der Waals surface area contributed by atoms with Crippen LogP contribution in [0.5, 0.6) is 0 Å². The molecule has 0 radical (unpaired) electrons. The van der Waals surface area contributed by atoms with Crippen molar-refractivity contribution in [3.63, 3.8) is 0 Å². The van der Waals surface area contributed by atoms with Gasteiger partial charge in [0, 0.05) is 6.42 Å². The van der Waals surface area contributed by atoms with Gasteiger partial charge in [-0.05, 0) is 43.9 Å². The summed E-state index contributed by atoms with van der Waals surface area (Å²) in [5, 5.41) is 19.1. The Balaban J connectivity index is 5.83. The highest BCUT2D eigenvalue weighted by Crippen LogP contribution is 2.55. The van der Waals surface area contributed by atoms with Crippen molar-refractivity contribution in [3.05, 3.63) is 0 Å². The summed E-state index contributed by atoms with van der Waals surface area (Å²) in [6.45, 7) is 8.30. The maximum Gasteiger partial charge on any atom is 0.310 e. The number of carboxylic acid groups (broad SMARTS) is 2. The molecule has 4 nitrogen and oxygen atoms in total. The molecule has 0 saturated heterocycles. The number of hydrogen-bond acceptors (Lipinski definition) is 2. The molecule has 0 aromatic heterocycles. The number of hydrogen-bond donors (Lipinski definition) is 2. The minimum atomic E-state index is -0.793. The minimum Gasteiger partial charge on any atom is -0.481 e. The third kappa shape index (κ3) is 5.50. The molecule has 0 atom stereocenters. The average Bonchev–Trinajstić information content (AvgIpc) is 2.46. The summed E-state index contributed by atoms with van der Waals surface area (Å²) >= 11 is 0. The Morgan fingerprint density at radius 3 is 1.48 bits per heavy atom. The van der Waals surface area contributed by atoms with Crippen LogP contribution in [0, 0.1) is 10.8 Å². The molecule has 0 bridgehead atoms. The maximum atomic E-state index is 12.4. The summed E-state index contributed by atoms with van der Waals surface area (Å²) in [6.07, 6.45) is 8.08. The Kier molecular flexibility index (Phi) is 10.2. The molecule has 0 spiro atoms. The lowest BCUT2D eigenvalue weighted by Gasteiger charge is -2.49. The fourth-order valence-electron chi connectivity index (χ4n) is 4.58. The van der Waals surface area contributed by atoms with Crippen LogP contribution in [0.3, 0.4) is 0 Å². The van der Waals surface area contributed by atoms with Crippen LogP contribution >= 0.6 is 0 Å². The maximum absolute atomic E-state index is 12.4. The zero-order valence-corrected chi connectivity index (χ0v) is 15.5. The Bertz CT molecular complexity index is 350. The standard InChI is InChI=1S/C19H36O4/c1-5-11-18(12-6-2,15-9-10-16(20)21)19(13-7-3,14-8-4)17(22)23/h5-15H2,1-4H3,(H,20,21)(H,22,23). The molecule has 0 rings (SSSR count). The summed E-state index contributed by atoms with van der Waals surface area (Å²) in [7, 11) is 0.